The third-order valence-corrected chi connectivity index (χ3v) is 6.11. The number of nitriles is 1. The van der Waals surface area contributed by atoms with E-state index in [1.165, 1.54) is 18.2 Å². The Bertz CT molecular complexity index is 455. The van der Waals surface area contributed by atoms with E-state index in [1.54, 1.807) is 13.8 Å². The molecular weight excluding hydrogens is 268 g/mol. The minimum atomic E-state index is -3.49. The molecule has 0 bridgehead atoms. The van der Waals surface area contributed by atoms with Gasteiger partial charge in [0.2, 0.25) is 0 Å². The summed E-state index contributed by atoms with van der Waals surface area (Å²) in [6.07, 6.45) is 5.13. The fourth-order valence-electron chi connectivity index (χ4n) is 1.93. The molecule has 0 aromatic carbocycles. The standard InChI is InChI=1S/C12H20N2O2S2/c1-10(2)18(15,16)11(9-13)12(17-3)14-7-5-4-6-8-14/h10H,4-8H2,1-3H3/b12-11+. The first kappa shape index (κ1) is 15.4. The average molecular weight is 288 g/mol. The summed E-state index contributed by atoms with van der Waals surface area (Å²) in [5, 5.41) is 9.28. The highest BCUT2D eigenvalue weighted by Crippen LogP contribution is 2.29. The molecule has 0 unspecified atom stereocenters. The zero-order valence-electron chi connectivity index (χ0n) is 11.1. The molecule has 1 saturated heterocycles. The predicted molar refractivity (Wildman–Crippen MR) is 75.6 cm³/mol. The third kappa shape index (κ3) is 3.21. The lowest BCUT2D eigenvalue weighted by Gasteiger charge is -2.30. The second-order valence-electron chi connectivity index (χ2n) is 4.59. The van der Waals surface area contributed by atoms with E-state index < -0.39 is 15.1 Å². The normalized spacial score (nSPS) is 18.5. The molecule has 0 aromatic rings. The Hall–Kier alpha value is -0.670. The van der Waals surface area contributed by atoms with Crippen molar-refractivity contribution in [2.24, 2.45) is 0 Å². The molecule has 1 heterocycles. The summed E-state index contributed by atoms with van der Waals surface area (Å²) >= 11 is 1.36. The van der Waals surface area contributed by atoms with Crippen molar-refractivity contribution in [1.29, 1.82) is 5.26 Å². The summed E-state index contributed by atoms with van der Waals surface area (Å²) in [6, 6.07) is 1.90. The summed E-state index contributed by atoms with van der Waals surface area (Å²) in [5.41, 5.74) is 0. The van der Waals surface area contributed by atoms with Crippen molar-refractivity contribution in [1.82, 2.24) is 4.90 Å². The molecule has 1 fully saturated rings. The smallest absolute Gasteiger partial charge is 0.193 e. The van der Waals surface area contributed by atoms with Crippen LogP contribution >= 0.6 is 11.8 Å². The number of piperidine rings is 1. The number of likely N-dealkylation sites (tertiary alicyclic amines) is 1. The second-order valence-corrected chi connectivity index (χ2v) is 7.83. The van der Waals surface area contributed by atoms with Crippen LogP contribution in [0.4, 0.5) is 0 Å². The Kier molecular flexibility index (Phi) is 5.54. The maximum Gasteiger partial charge on any atom is 0.193 e. The van der Waals surface area contributed by atoms with E-state index in [2.05, 4.69) is 0 Å². The second kappa shape index (κ2) is 6.48. The first-order valence-electron chi connectivity index (χ1n) is 6.12. The summed E-state index contributed by atoms with van der Waals surface area (Å²) in [4.78, 5) is 1.97. The van der Waals surface area contributed by atoms with Crippen LogP contribution in [0.5, 0.6) is 0 Å². The van der Waals surface area contributed by atoms with E-state index in [0.717, 1.165) is 25.9 Å². The van der Waals surface area contributed by atoms with Gasteiger partial charge in [-0.1, -0.05) is 0 Å². The van der Waals surface area contributed by atoms with E-state index in [9.17, 15) is 13.7 Å². The van der Waals surface area contributed by atoms with Gasteiger partial charge in [-0.2, -0.15) is 5.26 Å². The molecule has 18 heavy (non-hydrogen) atoms. The number of nitrogens with zero attached hydrogens (tertiary/aromatic N) is 2. The molecule has 1 rings (SSSR count). The van der Waals surface area contributed by atoms with Crippen molar-refractivity contribution in [3.8, 4) is 6.07 Å². The molecule has 0 aromatic heterocycles. The largest absolute Gasteiger partial charge is 0.365 e. The molecule has 1 aliphatic heterocycles. The van der Waals surface area contributed by atoms with Crippen molar-refractivity contribution in [2.75, 3.05) is 19.3 Å². The number of allylic oxidation sites excluding steroid dienone is 1. The van der Waals surface area contributed by atoms with E-state index in [4.69, 9.17) is 0 Å². The molecule has 0 spiro atoms. The van der Waals surface area contributed by atoms with Crippen molar-refractivity contribution in [3.63, 3.8) is 0 Å². The number of thioether (sulfide) groups is 1. The molecule has 0 aliphatic carbocycles. The van der Waals surface area contributed by atoms with Gasteiger partial charge in [0, 0.05) is 13.1 Å². The lowest BCUT2D eigenvalue weighted by molar-refractivity contribution is 0.302. The highest BCUT2D eigenvalue weighted by atomic mass is 32.2. The zero-order valence-corrected chi connectivity index (χ0v) is 12.8. The van der Waals surface area contributed by atoms with Crippen LogP contribution in [0.1, 0.15) is 33.1 Å². The van der Waals surface area contributed by atoms with Gasteiger partial charge in [-0.25, -0.2) is 8.42 Å². The van der Waals surface area contributed by atoms with Gasteiger partial charge in [0.15, 0.2) is 14.7 Å². The SMILES string of the molecule is CS/C(=C(\C#N)S(=O)(=O)C(C)C)N1CCCCC1. The quantitative estimate of drug-likeness (QED) is 0.743. The van der Waals surface area contributed by atoms with Crippen molar-refractivity contribution >= 4 is 21.6 Å². The number of rotatable bonds is 4. The van der Waals surface area contributed by atoms with Crippen LogP contribution in [0, 0.1) is 11.3 Å². The highest BCUT2D eigenvalue weighted by molar-refractivity contribution is 8.04. The van der Waals surface area contributed by atoms with Crippen LogP contribution in [0.25, 0.3) is 0 Å². The summed E-state index contributed by atoms with van der Waals surface area (Å²) < 4.78 is 24.4. The molecule has 0 amide bonds. The van der Waals surface area contributed by atoms with Gasteiger partial charge in [-0.3, -0.25) is 0 Å². The molecule has 0 saturated carbocycles. The van der Waals surface area contributed by atoms with Crippen molar-refractivity contribution in [2.45, 2.75) is 38.4 Å². The summed E-state index contributed by atoms with van der Waals surface area (Å²) in [5.74, 6) is 0. The Morgan fingerprint density at radius 2 is 1.83 bits per heavy atom. The van der Waals surface area contributed by atoms with Crippen molar-refractivity contribution in [3.05, 3.63) is 9.93 Å². The van der Waals surface area contributed by atoms with Crippen LogP contribution in [-0.2, 0) is 9.84 Å². The fraction of sp³-hybridized carbons (Fsp3) is 0.750. The minimum Gasteiger partial charge on any atom is -0.365 e. The van der Waals surface area contributed by atoms with Gasteiger partial charge in [0.1, 0.15) is 11.1 Å². The first-order chi connectivity index (χ1) is 8.45. The van der Waals surface area contributed by atoms with Crippen molar-refractivity contribution < 1.29 is 8.42 Å². The zero-order chi connectivity index (χ0) is 13.8. The Labute approximate surface area is 114 Å². The molecular formula is C12H20N2O2S2. The van der Waals surface area contributed by atoms with Crippen LogP contribution in [0.2, 0.25) is 0 Å². The molecule has 1 aliphatic rings. The molecule has 102 valence electrons. The topological polar surface area (TPSA) is 61.2 Å². The van der Waals surface area contributed by atoms with E-state index in [-0.39, 0.29) is 4.91 Å². The summed E-state index contributed by atoms with van der Waals surface area (Å²) in [7, 11) is -3.49. The fourth-order valence-corrected chi connectivity index (χ4v) is 4.17. The molecule has 0 N–H and O–H groups in total. The van der Waals surface area contributed by atoms with Gasteiger partial charge in [0.25, 0.3) is 0 Å². The predicted octanol–water partition coefficient (Wildman–Crippen LogP) is 2.35. The average Bonchev–Trinajstić information content (AvgIpc) is 2.36. The molecule has 4 nitrogen and oxygen atoms in total. The monoisotopic (exact) mass is 288 g/mol. The maximum atomic E-state index is 12.2. The minimum absolute atomic E-state index is 0.0631. The molecule has 0 atom stereocenters. The third-order valence-electron chi connectivity index (χ3n) is 3.04. The number of hydrogen-bond donors (Lipinski definition) is 0. The molecule has 6 heteroatoms. The summed E-state index contributed by atoms with van der Waals surface area (Å²) in [6.45, 7) is 4.91. The van der Waals surface area contributed by atoms with Crippen LogP contribution in [0.15, 0.2) is 9.93 Å². The van der Waals surface area contributed by atoms with Crippen LogP contribution in [0.3, 0.4) is 0 Å². The lowest BCUT2D eigenvalue weighted by Crippen LogP contribution is -2.30. The molecule has 0 radical (unpaired) electrons. The van der Waals surface area contributed by atoms with Gasteiger partial charge < -0.3 is 4.90 Å². The van der Waals surface area contributed by atoms with Gasteiger partial charge >= 0.3 is 0 Å². The van der Waals surface area contributed by atoms with Crippen LogP contribution in [-0.4, -0.2) is 37.9 Å². The van der Waals surface area contributed by atoms with Gasteiger partial charge in [-0.05, 0) is 39.4 Å². The first-order valence-corrected chi connectivity index (χ1v) is 8.89. The maximum absolute atomic E-state index is 12.2. The van der Waals surface area contributed by atoms with E-state index in [0.29, 0.717) is 5.03 Å². The van der Waals surface area contributed by atoms with Gasteiger partial charge in [-0.15, -0.1) is 11.8 Å². The lowest BCUT2D eigenvalue weighted by atomic mass is 10.1. The highest BCUT2D eigenvalue weighted by Gasteiger charge is 2.28. The van der Waals surface area contributed by atoms with Gasteiger partial charge in [0.05, 0.1) is 5.25 Å². The van der Waals surface area contributed by atoms with E-state index >= 15 is 0 Å². The number of hydrogen-bond acceptors (Lipinski definition) is 5. The van der Waals surface area contributed by atoms with Crippen LogP contribution < -0.4 is 0 Å². The van der Waals surface area contributed by atoms with E-state index in [1.807, 2.05) is 17.2 Å². The number of sulfone groups is 1. The Balaban J connectivity index is 3.21. The Morgan fingerprint density at radius 3 is 2.22 bits per heavy atom. The Morgan fingerprint density at radius 1 is 1.28 bits per heavy atom.